The van der Waals surface area contributed by atoms with Gasteiger partial charge in [0, 0.05) is 12.0 Å². The molecule has 4 aromatic carbocycles. The standard InChI is InChI=1S/C33H28O6/c1-22-31-19-27(38-21-37-18-17-24-3-8-25(34)9-4-24)12-14-29(31)30-15-13-28(20-32(22)30)39-33(35)16-7-23-5-10-26(36-2)11-6-23/h3-20,22,34H,21H2,1-2H3. The Balaban J connectivity index is 1.19. The van der Waals surface area contributed by atoms with Gasteiger partial charge in [0.25, 0.3) is 0 Å². The van der Waals surface area contributed by atoms with E-state index >= 15 is 0 Å². The smallest absolute Gasteiger partial charge is 0.336 e. The van der Waals surface area contributed by atoms with Gasteiger partial charge in [-0.25, -0.2) is 4.79 Å². The van der Waals surface area contributed by atoms with Crippen molar-refractivity contribution in [3.63, 3.8) is 0 Å². The summed E-state index contributed by atoms with van der Waals surface area (Å²) >= 11 is 0. The van der Waals surface area contributed by atoms with E-state index in [-0.39, 0.29) is 18.5 Å². The van der Waals surface area contributed by atoms with E-state index in [1.807, 2.05) is 60.7 Å². The van der Waals surface area contributed by atoms with Crippen LogP contribution < -0.4 is 14.2 Å². The number of carbonyl (C=O) groups excluding carboxylic acids is 1. The molecule has 4 aromatic rings. The maximum Gasteiger partial charge on any atom is 0.336 e. The molecule has 5 rings (SSSR count). The second-order valence-corrected chi connectivity index (χ2v) is 9.07. The Morgan fingerprint density at radius 1 is 0.795 bits per heavy atom. The van der Waals surface area contributed by atoms with E-state index < -0.39 is 5.97 Å². The molecule has 0 spiro atoms. The molecule has 0 saturated heterocycles. The summed E-state index contributed by atoms with van der Waals surface area (Å²) in [5, 5.41) is 9.35. The van der Waals surface area contributed by atoms with Crippen LogP contribution in [-0.2, 0) is 9.53 Å². The quantitative estimate of drug-likeness (QED) is 0.0630. The van der Waals surface area contributed by atoms with E-state index in [2.05, 4.69) is 6.92 Å². The average molecular weight is 521 g/mol. The Morgan fingerprint density at radius 3 is 2.08 bits per heavy atom. The molecule has 0 radical (unpaired) electrons. The Bertz CT molecular complexity index is 1520. The highest BCUT2D eigenvalue weighted by atomic mass is 16.7. The first-order valence-corrected chi connectivity index (χ1v) is 12.5. The molecule has 0 amide bonds. The average Bonchev–Trinajstić information content (AvgIpc) is 3.23. The van der Waals surface area contributed by atoms with Crippen molar-refractivity contribution in [2.45, 2.75) is 12.8 Å². The zero-order valence-electron chi connectivity index (χ0n) is 21.7. The van der Waals surface area contributed by atoms with Crippen molar-refractivity contribution in [2.75, 3.05) is 13.9 Å². The lowest BCUT2D eigenvalue weighted by atomic mass is 9.99. The maximum atomic E-state index is 12.4. The van der Waals surface area contributed by atoms with Crippen LogP contribution in [0.25, 0.3) is 23.3 Å². The summed E-state index contributed by atoms with van der Waals surface area (Å²) in [5.74, 6) is 1.87. The first kappa shape index (κ1) is 25.7. The van der Waals surface area contributed by atoms with E-state index in [1.54, 1.807) is 49.8 Å². The number of phenolic OH excluding ortho intramolecular Hbond substituents is 1. The van der Waals surface area contributed by atoms with Crippen LogP contribution in [0.3, 0.4) is 0 Å². The lowest BCUT2D eigenvalue weighted by Gasteiger charge is -2.10. The summed E-state index contributed by atoms with van der Waals surface area (Å²) in [4.78, 5) is 12.4. The number of hydrogen-bond donors (Lipinski definition) is 1. The van der Waals surface area contributed by atoms with E-state index in [9.17, 15) is 9.90 Å². The van der Waals surface area contributed by atoms with Crippen LogP contribution in [0.4, 0.5) is 0 Å². The third kappa shape index (κ3) is 6.13. The fourth-order valence-corrected chi connectivity index (χ4v) is 4.49. The van der Waals surface area contributed by atoms with Gasteiger partial charge in [-0.05, 0) is 94.1 Å². The van der Waals surface area contributed by atoms with Crippen LogP contribution in [0.2, 0.25) is 0 Å². The van der Waals surface area contributed by atoms with Crippen LogP contribution in [0.15, 0.2) is 97.3 Å². The Kier molecular flexibility index (Phi) is 7.64. The molecule has 1 aliphatic rings. The van der Waals surface area contributed by atoms with Crippen molar-refractivity contribution in [1.29, 1.82) is 0 Å². The molecule has 1 unspecified atom stereocenters. The molecule has 0 fully saturated rings. The number of fused-ring (bicyclic) bond motifs is 3. The fraction of sp³-hybridized carbons (Fsp3) is 0.121. The topological polar surface area (TPSA) is 74.2 Å². The van der Waals surface area contributed by atoms with Crippen molar-refractivity contribution in [2.24, 2.45) is 0 Å². The highest BCUT2D eigenvalue weighted by molar-refractivity contribution is 5.89. The number of esters is 1. The Labute approximate surface area is 227 Å². The third-order valence-corrected chi connectivity index (χ3v) is 6.56. The van der Waals surface area contributed by atoms with Crippen molar-refractivity contribution < 1.29 is 28.8 Å². The van der Waals surface area contributed by atoms with Crippen molar-refractivity contribution in [3.8, 4) is 34.1 Å². The zero-order valence-corrected chi connectivity index (χ0v) is 21.7. The normalized spacial score (nSPS) is 13.7. The monoisotopic (exact) mass is 520 g/mol. The molecule has 6 nitrogen and oxygen atoms in total. The van der Waals surface area contributed by atoms with Gasteiger partial charge in [0.1, 0.15) is 23.0 Å². The number of hydrogen-bond acceptors (Lipinski definition) is 6. The van der Waals surface area contributed by atoms with E-state index in [4.69, 9.17) is 18.9 Å². The molecule has 0 bridgehead atoms. The van der Waals surface area contributed by atoms with Crippen LogP contribution in [0.5, 0.6) is 23.0 Å². The SMILES string of the molecule is COc1ccc(C=CC(=O)Oc2ccc3c(c2)C(C)c2cc(OCOC=Cc4ccc(O)cc4)ccc2-3)cc1. The van der Waals surface area contributed by atoms with Gasteiger partial charge in [-0.3, -0.25) is 0 Å². The highest BCUT2D eigenvalue weighted by Crippen LogP contribution is 2.47. The van der Waals surface area contributed by atoms with E-state index in [0.29, 0.717) is 11.5 Å². The number of methoxy groups -OCH3 is 1. The van der Waals surface area contributed by atoms with Crippen LogP contribution in [0, 0.1) is 0 Å². The predicted octanol–water partition coefficient (Wildman–Crippen LogP) is 7.18. The first-order chi connectivity index (χ1) is 19.0. The zero-order chi connectivity index (χ0) is 27.2. The van der Waals surface area contributed by atoms with Gasteiger partial charge >= 0.3 is 5.97 Å². The van der Waals surface area contributed by atoms with Gasteiger partial charge in [-0.1, -0.05) is 43.3 Å². The van der Waals surface area contributed by atoms with E-state index in [0.717, 1.165) is 39.1 Å². The number of aromatic hydroxyl groups is 1. The lowest BCUT2D eigenvalue weighted by molar-refractivity contribution is -0.128. The fourth-order valence-electron chi connectivity index (χ4n) is 4.49. The van der Waals surface area contributed by atoms with Gasteiger partial charge < -0.3 is 24.1 Å². The minimum atomic E-state index is -0.441. The van der Waals surface area contributed by atoms with E-state index in [1.165, 1.54) is 6.08 Å². The van der Waals surface area contributed by atoms with Gasteiger partial charge in [-0.15, -0.1) is 0 Å². The van der Waals surface area contributed by atoms with Gasteiger partial charge in [0.05, 0.1) is 13.4 Å². The molecule has 0 aliphatic heterocycles. The summed E-state index contributed by atoms with van der Waals surface area (Å²) in [6.45, 7) is 2.19. The molecule has 39 heavy (non-hydrogen) atoms. The molecule has 1 N–H and O–H groups in total. The number of carbonyl (C=O) groups is 1. The largest absolute Gasteiger partial charge is 0.508 e. The number of phenols is 1. The van der Waals surface area contributed by atoms with Crippen molar-refractivity contribution in [3.05, 3.63) is 120 Å². The number of benzene rings is 4. The molecule has 0 heterocycles. The third-order valence-electron chi connectivity index (χ3n) is 6.56. The summed E-state index contributed by atoms with van der Waals surface area (Å²) in [5.41, 5.74) is 6.28. The minimum absolute atomic E-state index is 0.0683. The maximum absolute atomic E-state index is 12.4. The van der Waals surface area contributed by atoms with Crippen molar-refractivity contribution in [1.82, 2.24) is 0 Å². The van der Waals surface area contributed by atoms with Crippen LogP contribution >= 0.6 is 0 Å². The number of rotatable bonds is 9. The van der Waals surface area contributed by atoms with Gasteiger partial charge in [-0.2, -0.15) is 0 Å². The molecular weight excluding hydrogens is 492 g/mol. The molecule has 1 aliphatic carbocycles. The Hall–Kier alpha value is -4.97. The van der Waals surface area contributed by atoms with Crippen LogP contribution in [-0.4, -0.2) is 25.0 Å². The van der Waals surface area contributed by atoms with Gasteiger partial charge in [0.2, 0.25) is 6.79 Å². The molecule has 6 heteroatoms. The number of ether oxygens (including phenoxy) is 4. The first-order valence-electron chi connectivity index (χ1n) is 12.5. The molecule has 0 saturated carbocycles. The predicted molar refractivity (Wildman–Crippen MR) is 151 cm³/mol. The second kappa shape index (κ2) is 11.6. The molecule has 1 atom stereocenters. The highest BCUT2D eigenvalue weighted by Gasteiger charge is 2.26. The molecule has 196 valence electrons. The minimum Gasteiger partial charge on any atom is -0.508 e. The van der Waals surface area contributed by atoms with Crippen LogP contribution in [0.1, 0.15) is 35.1 Å². The molecular formula is C33H28O6. The Morgan fingerprint density at radius 2 is 1.38 bits per heavy atom. The van der Waals surface area contributed by atoms with Gasteiger partial charge in [0.15, 0.2) is 0 Å². The molecule has 0 aromatic heterocycles. The lowest BCUT2D eigenvalue weighted by Crippen LogP contribution is -2.04. The summed E-state index contributed by atoms with van der Waals surface area (Å²) in [6.07, 6.45) is 6.48. The second-order valence-electron chi connectivity index (χ2n) is 9.07. The summed E-state index contributed by atoms with van der Waals surface area (Å²) < 4.78 is 22.0. The summed E-state index contributed by atoms with van der Waals surface area (Å²) in [7, 11) is 1.61. The summed E-state index contributed by atoms with van der Waals surface area (Å²) in [6, 6.07) is 26.0. The van der Waals surface area contributed by atoms with Crippen molar-refractivity contribution >= 4 is 18.1 Å².